The van der Waals surface area contributed by atoms with Gasteiger partial charge in [0, 0.05) is 6.20 Å². The van der Waals surface area contributed by atoms with Gasteiger partial charge in [-0.3, -0.25) is 4.98 Å². The van der Waals surface area contributed by atoms with E-state index in [9.17, 15) is 0 Å². The minimum atomic E-state index is 0.211. The highest BCUT2D eigenvalue weighted by molar-refractivity contribution is 5.12. The van der Waals surface area contributed by atoms with Gasteiger partial charge in [0.2, 0.25) is 0 Å². The van der Waals surface area contributed by atoms with Crippen LogP contribution in [0.5, 0.6) is 5.75 Å². The van der Waals surface area contributed by atoms with E-state index in [1.165, 1.54) is 6.20 Å². The highest BCUT2D eigenvalue weighted by atomic mass is 16.3. The fourth-order valence-corrected chi connectivity index (χ4v) is 0.520. The molecular formula is C7H8N4O. The summed E-state index contributed by atoms with van der Waals surface area (Å²) in [5.41, 5.74) is 0. The van der Waals surface area contributed by atoms with Gasteiger partial charge in [-0.15, -0.1) is 0 Å². The smallest absolute Gasteiger partial charge is 0.133 e. The van der Waals surface area contributed by atoms with Gasteiger partial charge in [0.15, 0.2) is 0 Å². The van der Waals surface area contributed by atoms with Gasteiger partial charge in [0.25, 0.3) is 0 Å². The van der Waals surface area contributed by atoms with Gasteiger partial charge in [0.05, 0.1) is 18.6 Å². The average Bonchev–Trinajstić information content (AvgIpc) is 2.62. The highest BCUT2D eigenvalue weighted by Gasteiger charge is 1.76. The summed E-state index contributed by atoms with van der Waals surface area (Å²) in [5.74, 6) is 0.211. The normalized spacial score (nSPS) is 8.33. The number of H-pyrrole nitrogens is 1. The van der Waals surface area contributed by atoms with E-state index in [0.717, 1.165) is 0 Å². The number of aromatic nitrogens is 4. The SMILES string of the molecule is Oc1cccnc1.c1cn[nH]n1. The molecule has 0 aliphatic rings. The number of hydrogen-bond donors (Lipinski definition) is 2. The van der Waals surface area contributed by atoms with Crippen LogP contribution in [0.3, 0.4) is 0 Å². The maximum atomic E-state index is 8.57. The summed E-state index contributed by atoms with van der Waals surface area (Å²) < 4.78 is 0. The predicted molar refractivity (Wildman–Crippen MR) is 42.3 cm³/mol. The van der Waals surface area contributed by atoms with Crippen LogP contribution >= 0.6 is 0 Å². The molecule has 0 bridgehead atoms. The molecule has 0 aliphatic carbocycles. The van der Waals surface area contributed by atoms with Crippen LogP contribution in [0.1, 0.15) is 0 Å². The molecule has 2 N–H and O–H groups in total. The van der Waals surface area contributed by atoms with Gasteiger partial charge in [-0.1, -0.05) is 0 Å². The Kier molecular flexibility index (Phi) is 3.30. The van der Waals surface area contributed by atoms with Crippen LogP contribution in [0.15, 0.2) is 36.9 Å². The Morgan fingerprint density at radius 1 is 1.17 bits per heavy atom. The summed E-state index contributed by atoms with van der Waals surface area (Å²) in [6, 6.07) is 3.25. The summed E-state index contributed by atoms with van der Waals surface area (Å²) in [7, 11) is 0. The number of hydrogen-bond acceptors (Lipinski definition) is 4. The van der Waals surface area contributed by atoms with Crippen molar-refractivity contribution in [3.63, 3.8) is 0 Å². The predicted octanol–water partition coefficient (Wildman–Crippen LogP) is 0.592. The first-order valence-corrected chi connectivity index (χ1v) is 3.28. The van der Waals surface area contributed by atoms with Crippen molar-refractivity contribution in [1.29, 1.82) is 0 Å². The van der Waals surface area contributed by atoms with Crippen molar-refractivity contribution in [1.82, 2.24) is 20.4 Å². The van der Waals surface area contributed by atoms with Gasteiger partial charge in [-0.05, 0) is 12.1 Å². The molecule has 5 heteroatoms. The van der Waals surface area contributed by atoms with E-state index < -0.39 is 0 Å². The zero-order chi connectivity index (χ0) is 8.65. The summed E-state index contributed by atoms with van der Waals surface area (Å²) in [6.07, 6.45) is 6.17. The lowest BCUT2D eigenvalue weighted by molar-refractivity contribution is 0.472. The first kappa shape index (κ1) is 8.19. The molecule has 0 aliphatic heterocycles. The maximum absolute atomic E-state index is 8.57. The second kappa shape index (κ2) is 4.84. The third kappa shape index (κ3) is 3.31. The molecule has 2 heterocycles. The zero-order valence-corrected chi connectivity index (χ0v) is 6.25. The Hall–Kier alpha value is -1.91. The second-order valence-electron chi connectivity index (χ2n) is 1.87. The minimum absolute atomic E-state index is 0.211. The van der Waals surface area contributed by atoms with Crippen LogP contribution in [-0.4, -0.2) is 25.5 Å². The number of aromatic hydroxyl groups is 1. The van der Waals surface area contributed by atoms with Crippen molar-refractivity contribution in [2.75, 3.05) is 0 Å². The zero-order valence-electron chi connectivity index (χ0n) is 6.25. The molecule has 2 aromatic rings. The minimum Gasteiger partial charge on any atom is -0.506 e. The summed E-state index contributed by atoms with van der Waals surface area (Å²) >= 11 is 0. The molecule has 0 fully saturated rings. The van der Waals surface area contributed by atoms with Crippen molar-refractivity contribution in [3.05, 3.63) is 36.9 Å². The van der Waals surface area contributed by atoms with Gasteiger partial charge in [-0.25, -0.2) is 0 Å². The van der Waals surface area contributed by atoms with Gasteiger partial charge in [0.1, 0.15) is 5.75 Å². The third-order valence-electron chi connectivity index (χ3n) is 0.977. The first-order valence-electron chi connectivity index (χ1n) is 3.28. The van der Waals surface area contributed by atoms with E-state index in [2.05, 4.69) is 20.4 Å². The maximum Gasteiger partial charge on any atom is 0.133 e. The Morgan fingerprint density at radius 3 is 2.17 bits per heavy atom. The standard InChI is InChI=1S/C5H5NO.C2H3N3/c7-5-2-1-3-6-4-5;1-2-4-5-3-1/h1-4,7H;1-2H,(H,3,4,5). The lowest BCUT2D eigenvalue weighted by Crippen LogP contribution is -1.64. The van der Waals surface area contributed by atoms with Crippen molar-refractivity contribution in [2.45, 2.75) is 0 Å². The van der Waals surface area contributed by atoms with Gasteiger partial charge >= 0.3 is 0 Å². The quantitative estimate of drug-likeness (QED) is 0.597. The van der Waals surface area contributed by atoms with Crippen LogP contribution in [0.2, 0.25) is 0 Å². The van der Waals surface area contributed by atoms with Crippen molar-refractivity contribution >= 4 is 0 Å². The Morgan fingerprint density at radius 2 is 1.92 bits per heavy atom. The molecule has 2 aromatic heterocycles. The number of aromatic amines is 1. The molecule has 62 valence electrons. The number of pyridine rings is 1. The van der Waals surface area contributed by atoms with Crippen molar-refractivity contribution < 1.29 is 5.11 Å². The van der Waals surface area contributed by atoms with E-state index in [4.69, 9.17) is 5.11 Å². The van der Waals surface area contributed by atoms with Gasteiger partial charge < -0.3 is 5.11 Å². The number of rotatable bonds is 0. The molecule has 5 nitrogen and oxygen atoms in total. The summed E-state index contributed by atoms with van der Waals surface area (Å²) in [6.45, 7) is 0. The Labute approximate surface area is 69.1 Å². The fraction of sp³-hybridized carbons (Fsp3) is 0. The monoisotopic (exact) mass is 164 g/mol. The average molecular weight is 164 g/mol. The van der Waals surface area contributed by atoms with E-state index in [1.807, 2.05) is 0 Å². The van der Waals surface area contributed by atoms with E-state index >= 15 is 0 Å². The summed E-state index contributed by atoms with van der Waals surface area (Å²) in [4.78, 5) is 3.63. The van der Waals surface area contributed by atoms with Crippen LogP contribution in [-0.2, 0) is 0 Å². The third-order valence-corrected chi connectivity index (χ3v) is 0.977. The highest BCUT2D eigenvalue weighted by Crippen LogP contribution is 1.99. The summed E-state index contributed by atoms with van der Waals surface area (Å²) in [5, 5.41) is 17.9. The van der Waals surface area contributed by atoms with Crippen LogP contribution in [0.4, 0.5) is 0 Å². The molecule has 2 rings (SSSR count). The van der Waals surface area contributed by atoms with Crippen LogP contribution < -0.4 is 0 Å². The Balaban J connectivity index is 0.000000127. The molecular weight excluding hydrogens is 156 g/mol. The molecule has 0 saturated heterocycles. The van der Waals surface area contributed by atoms with E-state index in [0.29, 0.717) is 0 Å². The van der Waals surface area contributed by atoms with Gasteiger partial charge in [-0.2, -0.15) is 15.4 Å². The number of nitrogens with one attached hydrogen (secondary N) is 1. The molecule has 12 heavy (non-hydrogen) atoms. The lowest BCUT2D eigenvalue weighted by atomic mass is 10.5. The largest absolute Gasteiger partial charge is 0.506 e. The van der Waals surface area contributed by atoms with Crippen LogP contribution in [0, 0.1) is 0 Å². The van der Waals surface area contributed by atoms with Crippen molar-refractivity contribution in [3.8, 4) is 5.75 Å². The molecule has 0 radical (unpaired) electrons. The topological polar surface area (TPSA) is 74.7 Å². The molecule has 0 atom stereocenters. The number of nitrogens with zero attached hydrogens (tertiary/aromatic N) is 3. The van der Waals surface area contributed by atoms with Crippen LogP contribution in [0.25, 0.3) is 0 Å². The molecule has 0 aromatic carbocycles. The van der Waals surface area contributed by atoms with E-state index in [1.54, 1.807) is 30.7 Å². The second-order valence-corrected chi connectivity index (χ2v) is 1.87. The van der Waals surface area contributed by atoms with E-state index in [-0.39, 0.29) is 5.75 Å². The fourth-order valence-electron chi connectivity index (χ4n) is 0.520. The first-order chi connectivity index (χ1) is 5.89. The molecule has 0 unspecified atom stereocenters. The van der Waals surface area contributed by atoms with Crippen molar-refractivity contribution in [2.24, 2.45) is 0 Å². The Bertz CT molecular complexity index is 264. The molecule has 0 spiro atoms. The lowest BCUT2D eigenvalue weighted by Gasteiger charge is -1.81. The molecule has 0 amide bonds. The molecule has 0 saturated carbocycles.